The van der Waals surface area contributed by atoms with Crippen LogP contribution >= 0.6 is 0 Å². The first-order valence-corrected chi connectivity index (χ1v) is 10.0. The molecule has 28 heavy (non-hydrogen) atoms. The number of amides is 1. The minimum Gasteiger partial charge on any atom is -0.508 e. The van der Waals surface area contributed by atoms with Crippen LogP contribution in [0.25, 0.3) is 0 Å². The van der Waals surface area contributed by atoms with Gasteiger partial charge in [0, 0.05) is 37.9 Å². The summed E-state index contributed by atoms with van der Waals surface area (Å²) < 4.78 is 1.71. The number of hydrogen-bond acceptors (Lipinski definition) is 4. The lowest BCUT2D eigenvalue weighted by atomic mass is 10.0. The van der Waals surface area contributed by atoms with E-state index in [2.05, 4.69) is 10.2 Å². The lowest BCUT2D eigenvalue weighted by Gasteiger charge is -2.32. The highest BCUT2D eigenvalue weighted by Gasteiger charge is 2.28. The number of benzene rings is 1. The summed E-state index contributed by atoms with van der Waals surface area (Å²) >= 11 is 0. The molecular formula is C22H27N3O3. The van der Waals surface area contributed by atoms with Gasteiger partial charge in [-0.2, -0.15) is 0 Å². The fourth-order valence-corrected chi connectivity index (χ4v) is 3.96. The number of nitrogens with zero attached hydrogens (tertiary/aromatic N) is 2. The van der Waals surface area contributed by atoms with E-state index in [1.54, 1.807) is 16.7 Å². The minimum atomic E-state index is -0.246. The van der Waals surface area contributed by atoms with Crippen molar-refractivity contribution in [2.45, 2.75) is 51.2 Å². The summed E-state index contributed by atoms with van der Waals surface area (Å²) in [5.74, 6) is 0.0404. The Balaban J connectivity index is 1.35. The van der Waals surface area contributed by atoms with Gasteiger partial charge in [-0.3, -0.25) is 14.5 Å². The lowest BCUT2D eigenvalue weighted by Crippen LogP contribution is -2.46. The van der Waals surface area contributed by atoms with Gasteiger partial charge in [0.15, 0.2) is 0 Å². The van der Waals surface area contributed by atoms with E-state index < -0.39 is 0 Å². The fourth-order valence-electron chi connectivity index (χ4n) is 3.96. The lowest BCUT2D eigenvalue weighted by molar-refractivity contribution is 0.0906. The SMILES string of the molecule is Cc1ccn(C2CC2)c(=O)c1C(=O)NC1CCN(Cc2cccc(O)c2)CC1. The molecule has 0 bridgehead atoms. The summed E-state index contributed by atoms with van der Waals surface area (Å²) in [7, 11) is 0. The van der Waals surface area contributed by atoms with Gasteiger partial charge in [0.1, 0.15) is 11.3 Å². The van der Waals surface area contributed by atoms with Crippen molar-refractivity contribution < 1.29 is 9.90 Å². The summed E-state index contributed by atoms with van der Waals surface area (Å²) in [5, 5.41) is 12.7. The molecule has 1 aromatic heterocycles. The molecule has 0 atom stereocenters. The molecule has 1 saturated heterocycles. The van der Waals surface area contributed by atoms with Crippen molar-refractivity contribution in [2.75, 3.05) is 13.1 Å². The van der Waals surface area contributed by atoms with Crippen LogP contribution in [-0.4, -0.2) is 39.6 Å². The maximum atomic E-state index is 12.8. The Labute approximate surface area is 164 Å². The van der Waals surface area contributed by atoms with E-state index in [1.165, 1.54) is 0 Å². The van der Waals surface area contributed by atoms with Gasteiger partial charge in [0.25, 0.3) is 11.5 Å². The van der Waals surface area contributed by atoms with Crippen molar-refractivity contribution in [3.05, 3.63) is 63.6 Å². The predicted molar refractivity (Wildman–Crippen MR) is 108 cm³/mol. The van der Waals surface area contributed by atoms with Crippen molar-refractivity contribution in [3.8, 4) is 5.75 Å². The third-order valence-corrected chi connectivity index (χ3v) is 5.73. The molecule has 1 amide bonds. The molecule has 4 rings (SSSR count). The zero-order chi connectivity index (χ0) is 19.7. The number of carbonyl (C=O) groups is 1. The van der Waals surface area contributed by atoms with Gasteiger partial charge < -0.3 is 15.0 Å². The second-order valence-electron chi connectivity index (χ2n) is 8.01. The quantitative estimate of drug-likeness (QED) is 0.835. The maximum absolute atomic E-state index is 12.8. The van der Waals surface area contributed by atoms with Crippen molar-refractivity contribution in [1.82, 2.24) is 14.8 Å². The number of rotatable bonds is 5. The Hall–Kier alpha value is -2.60. The molecule has 2 N–H and O–H groups in total. The highest BCUT2D eigenvalue weighted by Crippen LogP contribution is 2.33. The topological polar surface area (TPSA) is 74.6 Å². The average Bonchev–Trinajstić information content (AvgIpc) is 3.48. The molecule has 148 valence electrons. The monoisotopic (exact) mass is 381 g/mol. The molecule has 6 heteroatoms. The molecule has 2 fully saturated rings. The molecule has 2 heterocycles. The Morgan fingerprint density at radius 3 is 2.61 bits per heavy atom. The van der Waals surface area contributed by atoms with Crippen LogP contribution in [-0.2, 0) is 6.54 Å². The number of likely N-dealkylation sites (tertiary alicyclic amines) is 1. The van der Waals surface area contributed by atoms with Crippen LogP contribution in [0.5, 0.6) is 5.75 Å². The highest BCUT2D eigenvalue weighted by atomic mass is 16.3. The van der Waals surface area contributed by atoms with Gasteiger partial charge in [-0.1, -0.05) is 12.1 Å². The van der Waals surface area contributed by atoms with Gasteiger partial charge in [-0.15, -0.1) is 0 Å². The van der Waals surface area contributed by atoms with Crippen molar-refractivity contribution in [1.29, 1.82) is 0 Å². The molecular weight excluding hydrogens is 354 g/mol. The number of phenolic OH excluding ortho intramolecular Hbond substituents is 1. The van der Waals surface area contributed by atoms with Crippen LogP contribution in [0.1, 0.15) is 53.2 Å². The second kappa shape index (κ2) is 7.80. The Bertz CT molecular complexity index is 925. The predicted octanol–water partition coefficient (Wildman–Crippen LogP) is 2.59. The van der Waals surface area contributed by atoms with Crippen molar-refractivity contribution >= 4 is 5.91 Å². The zero-order valence-corrected chi connectivity index (χ0v) is 16.2. The smallest absolute Gasteiger partial charge is 0.263 e. The molecule has 1 aliphatic carbocycles. The molecule has 1 aromatic carbocycles. The van der Waals surface area contributed by atoms with Crippen LogP contribution in [0.2, 0.25) is 0 Å². The second-order valence-corrected chi connectivity index (χ2v) is 8.01. The van der Waals surface area contributed by atoms with E-state index in [0.717, 1.165) is 56.4 Å². The summed E-state index contributed by atoms with van der Waals surface area (Å²) in [6.45, 7) is 4.37. The summed E-state index contributed by atoms with van der Waals surface area (Å²) in [6.07, 6.45) is 5.55. The summed E-state index contributed by atoms with van der Waals surface area (Å²) in [5.41, 5.74) is 1.95. The van der Waals surface area contributed by atoms with Gasteiger partial charge in [-0.05, 0) is 61.9 Å². The number of pyridine rings is 1. The van der Waals surface area contributed by atoms with E-state index in [-0.39, 0.29) is 34.9 Å². The Morgan fingerprint density at radius 2 is 1.93 bits per heavy atom. The number of phenols is 1. The highest BCUT2D eigenvalue weighted by molar-refractivity contribution is 5.95. The first kappa shape index (κ1) is 18.7. The van der Waals surface area contributed by atoms with Gasteiger partial charge >= 0.3 is 0 Å². The Kier molecular flexibility index (Phi) is 5.22. The Morgan fingerprint density at radius 1 is 1.18 bits per heavy atom. The third kappa shape index (κ3) is 4.12. The van der Waals surface area contributed by atoms with Gasteiger partial charge in [0.2, 0.25) is 0 Å². The molecule has 0 spiro atoms. The van der Waals surface area contributed by atoms with Crippen molar-refractivity contribution in [3.63, 3.8) is 0 Å². The fraction of sp³-hybridized carbons (Fsp3) is 0.455. The average molecular weight is 381 g/mol. The molecule has 0 radical (unpaired) electrons. The van der Waals surface area contributed by atoms with Crippen LogP contribution in [0, 0.1) is 6.92 Å². The normalized spacial score (nSPS) is 18.2. The first-order chi connectivity index (χ1) is 13.5. The number of piperidine rings is 1. The number of aromatic hydroxyl groups is 1. The number of nitrogens with one attached hydrogen (secondary N) is 1. The van der Waals surface area contributed by atoms with Crippen LogP contribution in [0.3, 0.4) is 0 Å². The third-order valence-electron chi connectivity index (χ3n) is 5.73. The van der Waals surface area contributed by atoms with E-state index in [9.17, 15) is 14.7 Å². The van der Waals surface area contributed by atoms with E-state index in [0.29, 0.717) is 0 Å². The van der Waals surface area contributed by atoms with Gasteiger partial charge in [0.05, 0.1) is 0 Å². The standard InChI is InChI=1S/C22H27N3O3/c1-15-7-12-25(18-5-6-18)22(28)20(15)21(27)23-17-8-10-24(11-9-17)14-16-3-2-4-19(26)13-16/h2-4,7,12-13,17-18,26H,5-6,8-11,14H2,1H3,(H,23,27). The first-order valence-electron chi connectivity index (χ1n) is 10.0. The molecule has 6 nitrogen and oxygen atoms in total. The largest absolute Gasteiger partial charge is 0.508 e. The zero-order valence-electron chi connectivity index (χ0n) is 16.2. The van der Waals surface area contributed by atoms with E-state index >= 15 is 0 Å². The molecule has 0 unspecified atom stereocenters. The number of aryl methyl sites for hydroxylation is 1. The van der Waals surface area contributed by atoms with Crippen LogP contribution in [0.4, 0.5) is 0 Å². The molecule has 1 saturated carbocycles. The molecule has 2 aromatic rings. The summed E-state index contributed by atoms with van der Waals surface area (Å²) in [6, 6.07) is 9.55. The minimum absolute atomic E-state index is 0.0845. The molecule has 1 aliphatic heterocycles. The van der Waals surface area contributed by atoms with Gasteiger partial charge in [-0.25, -0.2) is 0 Å². The van der Waals surface area contributed by atoms with E-state index in [1.807, 2.05) is 31.3 Å². The van der Waals surface area contributed by atoms with E-state index in [4.69, 9.17) is 0 Å². The van der Waals surface area contributed by atoms with Crippen LogP contribution < -0.4 is 10.9 Å². The molecule has 2 aliphatic rings. The maximum Gasteiger partial charge on any atom is 0.263 e. The number of hydrogen-bond donors (Lipinski definition) is 2. The summed E-state index contributed by atoms with van der Waals surface area (Å²) in [4.78, 5) is 27.8. The van der Waals surface area contributed by atoms with Crippen LogP contribution in [0.15, 0.2) is 41.3 Å². The number of carbonyl (C=O) groups excluding carboxylic acids is 1. The van der Waals surface area contributed by atoms with Crippen molar-refractivity contribution in [2.24, 2.45) is 0 Å². The number of aromatic nitrogens is 1.